The number of nitrogens with zero attached hydrogens (tertiary/aromatic N) is 1. The second-order valence-corrected chi connectivity index (χ2v) is 16.1. The van der Waals surface area contributed by atoms with Gasteiger partial charge in [-0.3, -0.25) is 0 Å². The maximum Gasteiger partial charge on any atom is 0.240 e. The van der Waals surface area contributed by atoms with Crippen molar-refractivity contribution >= 4 is 43.3 Å². The molecule has 49 heavy (non-hydrogen) atoms. The first-order valence-corrected chi connectivity index (χ1v) is 19.4. The number of aliphatic hydroxyl groups excluding tert-OH is 1. The fraction of sp³-hybridized carbons (Fsp3) is 0.205. The number of rotatable bonds is 11. The van der Waals surface area contributed by atoms with E-state index in [1.807, 2.05) is 91.0 Å². The third-order valence-corrected chi connectivity index (χ3v) is 12.4. The number of sulfonamides is 1. The largest absolute Gasteiger partial charge is 0.392 e. The number of para-hydroxylation sites is 1. The Morgan fingerprint density at radius 3 is 2.29 bits per heavy atom. The van der Waals surface area contributed by atoms with Gasteiger partial charge in [0.2, 0.25) is 10.0 Å². The molecule has 1 aromatic heterocycles. The summed E-state index contributed by atoms with van der Waals surface area (Å²) in [6.45, 7) is 2.34. The van der Waals surface area contributed by atoms with Crippen LogP contribution in [0.1, 0.15) is 41.6 Å². The van der Waals surface area contributed by atoms with Crippen molar-refractivity contribution in [1.82, 2.24) is 9.71 Å². The topological polar surface area (TPSA) is 97.8 Å². The molecule has 250 valence electrons. The Labute approximate surface area is 295 Å². The summed E-state index contributed by atoms with van der Waals surface area (Å²) >= 11 is 3.41. The normalized spacial score (nSPS) is 19.6. The average Bonchev–Trinajstić information content (AvgIpc) is 3.57. The molecule has 0 spiro atoms. The van der Waals surface area contributed by atoms with Crippen LogP contribution in [0.5, 0.6) is 0 Å². The molecule has 0 aliphatic carbocycles. The molecule has 5 aromatic carbocycles. The van der Waals surface area contributed by atoms with Crippen molar-refractivity contribution in [2.75, 3.05) is 5.75 Å². The molecule has 4 atom stereocenters. The molecule has 1 saturated heterocycles. The van der Waals surface area contributed by atoms with Gasteiger partial charge in [0.05, 0.1) is 33.9 Å². The molecule has 1 aliphatic heterocycles. The van der Waals surface area contributed by atoms with Gasteiger partial charge in [0, 0.05) is 23.8 Å². The number of ether oxygens (including phenoxy) is 2. The van der Waals surface area contributed by atoms with Gasteiger partial charge in [-0.05, 0) is 58.1 Å². The van der Waals surface area contributed by atoms with E-state index < -0.39 is 16.3 Å². The van der Waals surface area contributed by atoms with Gasteiger partial charge in [0.1, 0.15) is 0 Å². The number of fused-ring (bicyclic) bond motifs is 1. The third kappa shape index (κ3) is 7.81. The first-order chi connectivity index (χ1) is 23.9. The highest BCUT2D eigenvalue weighted by molar-refractivity contribution is 8.01. The Balaban J connectivity index is 1.08. The van der Waals surface area contributed by atoms with Crippen LogP contribution in [0.25, 0.3) is 21.3 Å². The van der Waals surface area contributed by atoms with Crippen molar-refractivity contribution in [3.05, 3.63) is 150 Å². The average molecular weight is 709 g/mol. The van der Waals surface area contributed by atoms with E-state index >= 15 is 0 Å². The van der Waals surface area contributed by atoms with E-state index in [9.17, 15) is 13.5 Å². The van der Waals surface area contributed by atoms with E-state index in [1.165, 1.54) is 4.70 Å². The van der Waals surface area contributed by atoms with E-state index in [4.69, 9.17) is 14.5 Å². The number of benzene rings is 5. The summed E-state index contributed by atoms with van der Waals surface area (Å²) in [5.41, 5.74) is 6.66. The molecule has 0 radical (unpaired) electrons. The molecule has 0 unspecified atom stereocenters. The SMILES string of the molecule is C[C@H]1[C@@H](CSc2nc3ccccc3s2)O[C@@H](c2ccc(-c3cccc(CNS(=O)(=O)c4ccccc4)c3)cc2)O[C@H]1c1ccc(CO)cc1. The lowest BCUT2D eigenvalue weighted by molar-refractivity contribution is -0.268. The van der Waals surface area contributed by atoms with Gasteiger partial charge in [-0.25, -0.2) is 18.1 Å². The first-order valence-electron chi connectivity index (χ1n) is 16.1. The minimum Gasteiger partial charge on any atom is -0.392 e. The number of aliphatic hydroxyl groups is 1. The van der Waals surface area contributed by atoms with Crippen LogP contribution in [0.2, 0.25) is 0 Å². The molecule has 7 nitrogen and oxygen atoms in total. The summed E-state index contributed by atoms with van der Waals surface area (Å²) in [4.78, 5) is 5.06. The molecule has 1 aliphatic rings. The van der Waals surface area contributed by atoms with Gasteiger partial charge in [-0.15, -0.1) is 11.3 Å². The minimum atomic E-state index is -3.61. The molecule has 7 rings (SSSR count). The van der Waals surface area contributed by atoms with Crippen LogP contribution in [0, 0.1) is 5.92 Å². The van der Waals surface area contributed by atoms with Gasteiger partial charge < -0.3 is 14.6 Å². The van der Waals surface area contributed by atoms with Crippen molar-refractivity contribution in [1.29, 1.82) is 0 Å². The minimum absolute atomic E-state index is 0.00686. The summed E-state index contributed by atoms with van der Waals surface area (Å²) in [5, 5.41) is 9.59. The van der Waals surface area contributed by atoms with Crippen molar-refractivity contribution in [3.63, 3.8) is 0 Å². The van der Waals surface area contributed by atoms with Crippen molar-refractivity contribution in [2.45, 2.75) is 47.8 Å². The third-order valence-electron chi connectivity index (χ3n) is 8.73. The Bertz CT molecular complexity index is 2090. The monoisotopic (exact) mass is 708 g/mol. The van der Waals surface area contributed by atoms with Crippen LogP contribution in [0.3, 0.4) is 0 Å². The van der Waals surface area contributed by atoms with Crippen LogP contribution in [0.15, 0.2) is 137 Å². The first kappa shape index (κ1) is 33.6. The lowest BCUT2D eigenvalue weighted by Gasteiger charge is -2.41. The van der Waals surface area contributed by atoms with Gasteiger partial charge in [0.25, 0.3) is 0 Å². The van der Waals surface area contributed by atoms with Crippen LogP contribution in [-0.4, -0.2) is 30.4 Å². The highest BCUT2D eigenvalue weighted by Gasteiger charge is 2.38. The number of thioether (sulfide) groups is 1. The van der Waals surface area contributed by atoms with Crippen LogP contribution in [-0.2, 0) is 32.6 Å². The Morgan fingerprint density at radius 2 is 1.53 bits per heavy atom. The quantitative estimate of drug-likeness (QED) is 0.130. The van der Waals surface area contributed by atoms with Crippen molar-refractivity contribution < 1.29 is 23.0 Å². The maximum atomic E-state index is 12.7. The molecular formula is C39H36N2O5S3. The zero-order chi connectivity index (χ0) is 33.8. The van der Waals surface area contributed by atoms with Crippen LogP contribution < -0.4 is 4.72 Å². The molecule has 6 aromatic rings. The Morgan fingerprint density at radius 1 is 0.796 bits per heavy atom. The highest BCUT2D eigenvalue weighted by Crippen LogP contribution is 2.43. The maximum absolute atomic E-state index is 12.7. The number of hydrogen-bond acceptors (Lipinski definition) is 8. The predicted molar refractivity (Wildman–Crippen MR) is 196 cm³/mol. The van der Waals surface area contributed by atoms with E-state index in [1.54, 1.807) is 53.4 Å². The van der Waals surface area contributed by atoms with Gasteiger partial charge in [0.15, 0.2) is 10.6 Å². The lowest BCUT2D eigenvalue weighted by Crippen LogP contribution is -2.38. The van der Waals surface area contributed by atoms with Gasteiger partial charge in [-0.2, -0.15) is 0 Å². The fourth-order valence-electron chi connectivity index (χ4n) is 5.93. The molecule has 0 amide bonds. The molecule has 0 saturated carbocycles. The summed E-state index contributed by atoms with van der Waals surface area (Å²) in [5.74, 6) is 0.796. The summed E-state index contributed by atoms with van der Waals surface area (Å²) < 4.78 is 43.7. The standard InChI is InChI=1S/C39H36N2O5S3/c1-26-35(25-47-39-41-34-12-5-6-13-36(34)48-39)45-38(46-37(26)30-16-14-27(24-42)15-17-30)31-20-18-29(19-21-31)32-9-7-8-28(22-32)23-40-49(43,44)33-10-3-2-4-11-33/h2-22,26,35,37-38,40,42H,23-25H2,1H3/t26-,35+,37+,38+/m0/s1. The molecule has 10 heteroatoms. The van der Waals surface area contributed by atoms with E-state index in [2.05, 4.69) is 17.7 Å². The second kappa shape index (κ2) is 14.9. The lowest BCUT2D eigenvalue weighted by atomic mass is 9.91. The molecule has 1 fully saturated rings. The molecular weight excluding hydrogens is 673 g/mol. The number of hydrogen-bond donors (Lipinski definition) is 2. The van der Waals surface area contributed by atoms with Gasteiger partial charge in [-0.1, -0.05) is 116 Å². The summed E-state index contributed by atoms with van der Waals surface area (Å²) in [6, 6.07) is 40.5. The second-order valence-electron chi connectivity index (χ2n) is 12.0. The zero-order valence-electron chi connectivity index (χ0n) is 26.8. The van der Waals surface area contributed by atoms with E-state index in [-0.39, 0.29) is 36.2 Å². The van der Waals surface area contributed by atoms with E-state index in [0.717, 1.165) is 49.0 Å². The molecule has 0 bridgehead atoms. The smallest absolute Gasteiger partial charge is 0.240 e. The van der Waals surface area contributed by atoms with E-state index in [0.29, 0.717) is 0 Å². The summed E-state index contributed by atoms with van der Waals surface area (Å²) in [6.07, 6.45) is -0.884. The zero-order valence-corrected chi connectivity index (χ0v) is 29.3. The number of nitrogens with one attached hydrogen (secondary N) is 1. The fourth-order valence-corrected chi connectivity index (χ4v) is 9.23. The number of aromatic nitrogens is 1. The molecule has 2 heterocycles. The molecule has 2 N–H and O–H groups in total. The predicted octanol–water partition coefficient (Wildman–Crippen LogP) is 8.52. The number of thiazole rings is 1. The van der Waals surface area contributed by atoms with Crippen LogP contribution in [0.4, 0.5) is 0 Å². The Kier molecular flexibility index (Phi) is 10.2. The van der Waals surface area contributed by atoms with Crippen molar-refractivity contribution in [2.24, 2.45) is 5.92 Å². The summed E-state index contributed by atoms with van der Waals surface area (Å²) in [7, 11) is -3.61. The Hall–Kier alpha value is -3.87. The van der Waals surface area contributed by atoms with Crippen LogP contribution >= 0.6 is 23.1 Å². The van der Waals surface area contributed by atoms with Gasteiger partial charge >= 0.3 is 0 Å². The van der Waals surface area contributed by atoms with Crippen molar-refractivity contribution in [3.8, 4) is 11.1 Å². The highest BCUT2D eigenvalue weighted by atomic mass is 32.2.